The highest BCUT2D eigenvalue weighted by Crippen LogP contribution is 2.42. The lowest BCUT2D eigenvalue weighted by Crippen LogP contribution is -2.26. The fraction of sp³-hybridized carbons (Fsp3) is 0.625. The van der Waals surface area contributed by atoms with Crippen LogP contribution < -0.4 is 0 Å². The van der Waals surface area contributed by atoms with Crippen molar-refractivity contribution in [2.75, 3.05) is 0 Å². The van der Waals surface area contributed by atoms with Crippen molar-refractivity contribution < 1.29 is 20.4 Å². The third-order valence-corrected chi connectivity index (χ3v) is 8.23. The molecule has 0 aromatic heterocycles. The molecule has 0 amide bonds. The summed E-state index contributed by atoms with van der Waals surface area (Å²) in [7, 11) is 0. The van der Waals surface area contributed by atoms with Crippen LogP contribution in [0.15, 0.2) is 36.4 Å². The summed E-state index contributed by atoms with van der Waals surface area (Å²) in [6, 6.07) is 10.6. The SMILES string of the molecule is CCC(CC)(CC)c1ccc(O)c(O)c1.CCCCC(CCCC)(CCCC)c1ccc(O)c(O)c1. The van der Waals surface area contributed by atoms with Crippen LogP contribution in [0.2, 0.25) is 0 Å². The molecule has 2 aromatic carbocycles. The average Bonchev–Trinajstić information content (AvgIpc) is 2.89. The smallest absolute Gasteiger partial charge is 0.157 e. The zero-order valence-electron chi connectivity index (χ0n) is 23.7. The molecule has 0 atom stereocenters. The van der Waals surface area contributed by atoms with Crippen LogP contribution in [0.1, 0.15) is 130 Å². The van der Waals surface area contributed by atoms with Gasteiger partial charge in [-0.05, 0) is 84.7 Å². The Morgan fingerprint density at radius 1 is 0.472 bits per heavy atom. The second-order valence-corrected chi connectivity index (χ2v) is 10.3. The number of hydrogen-bond acceptors (Lipinski definition) is 4. The van der Waals surface area contributed by atoms with Gasteiger partial charge in [-0.2, -0.15) is 0 Å². The molecular weight excluding hydrogens is 448 g/mol. The summed E-state index contributed by atoms with van der Waals surface area (Å²) in [4.78, 5) is 0. The topological polar surface area (TPSA) is 80.9 Å². The van der Waals surface area contributed by atoms with Gasteiger partial charge in [0.05, 0.1) is 0 Å². The maximum Gasteiger partial charge on any atom is 0.157 e. The highest BCUT2D eigenvalue weighted by Gasteiger charge is 2.31. The minimum absolute atomic E-state index is 0.0152. The Labute approximate surface area is 220 Å². The number of rotatable bonds is 14. The standard InChI is InChI=1S/C19H32O2.C13H20O2/c1-4-7-12-19(13-8-5-2,14-9-6-3)16-10-11-17(20)18(21)15-16;1-4-13(5-2,6-3)10-7-8-11(14)12(15)9-10/h10-11,15,20-21H,4-9,12-14H2,1-3H3;7-9,14-15H,4-6H2,1-3H3. The number of benzene rings is 2. The Morgan fingerprint density at radius 3 is 1.08 bits per heavy atom. The van der Waals surface area contributed by atoms with Gasteiger partial charge in [-0.15, -0.1) is 0 Å². The summed E-state index contributed by atoms with van der Waals surface area (Å²) < 4.78 is 0. The number of aromatic hydroxyl groups is 4. The second kappa shape index (κ2) is 15.7. The molecule has 4 nitrogen and oxygen atoms in total. The van der Waals surface area contributed by atoms with E-state index in [-0.39, 0.29) is 33.8 Å². The van der Waals surface area contributed by atoms with Crippen LogP contribution >= 0.6 is 0 Å². The average molecular weight is 501 g/mol. The van der Waals surface area contributed by atoms with Crippen molar-refractivity contribution in [1.29, 1.82) is 0 Å². The zero-order valence-corrected chi connectivity index (χ0v) is 23.7. The lowest BCUT2D eigenvalue weighted by molar-refractivity contribution is 0.307. The zero-order chi connectivity index (χ0) is 27.2. The van der Waals surface area contributed by atoms with E-state index in [1.165, 1.54) is 63.4 Å². The van der Waals surface area contributed by atoms with Gasteiger partial charge in [0.25, 0.3) is 0 Å². The van der Waals surface area contributed by atoms with E-state index >= 15 is 0 Å². The molecule has 0 spiro atoms. The number of hydrogen-bond donors (Lipinski definition) is 4. The van der Waals surface area contributed by atoms with E-state index in [0.717, 1.165) is 24.8 Å². The van der Waals surface area contributed by atoms with E-state index in [1.54, 1.807) is 24.3 Å². The molecule has 0 saturated heterocycles. The van der Waals surface area contributed by atoms with Crippen molar-refractivity contribution in [2.45, 2.75) is 129 Å². The van der Waals surface area contributed by atoms with E-state index in [4.69, 9.17) is 0 Å². The Kier molecular flexibility index (Phi) is 13.8. The van der Waals surface area contributed by atoms with Gasteiger partial charge >= 0.3 is 0 Å². The second-order valence-electron chi connectivity index (χ2n) is 10.3. The summed E-state index contributed by atoms with van der Waals surface area (Å²) in [6.07, 6.45) is 13.9. The van der Waals surface area contributed by atoms with Gasteiger partial charge in [0.15, 0.2) is 23.0 Å². The first-order valence-electron chi connectivity index (χ1n) is 14.2. The Bertz CT molecular complexity index is 856. The molecule has 0 unspecified atom stereocenters. The van der Waals surface area contributed by atoms with Crippen molar-refractivity contribution in [1.82, 2.24) is 0 Å². The molecular formula is C32H52O4. The monoisotopic (exact) mass is 500 g/mol. The molecule has 2 rings (SSSR count). The molecule has 4 heteroatoms. The van der Waals surface area contributed by atoms with Crippen molar-refractivity contribution in [3.63, 3.8) is 0 Å². The molecule has 0 radical (unpaired) electrons. The van der Waals surface area contributed by atoms with E-state index in [9.17, 15) is 20.4 Å². The number of unbranched alkanes of at least 4 members (excludes halogenated alkanes) is 3. The minimum atomic E-state index is -0.0454. The van der Waals surface area contributed by atoms with Crippen LogP contribution in [0.4, 0.5) is 0 Å². The molecule has 36 heavy (non-hydrogen) atoms. The van der Waals surface area contributed by atoms with Crippen LogP contribution in [-0.4, -0.2) is 20.4 Å². The van der Waals surface area contributed by atoms with Crippen molar-refractivity contribution in [3.05, 3.63) is 47.5 Å². The van der Waals surface area contributed by atoms with Crippen LogP contribution in [0.25, 0.3) is 0 Å². The van der Waals surface area contributed by atoms with E-state index in [1.807, 2.05) is 12.1 Å². The van der Waals surface area contributed by atoms with E-state index in [0.29, 0.717) is 0 Å². The van der Waals surface area contributed by atoms with Crippen LogP contribution in [0.5, 0.6) is 23.0 Å². The Hall–Kier alpha value is -2.36. The van der Waals surface area contributed by atoms with Crippen molar-refractivity contribution >= 4 is 0 Å². The summed E-state index contributed by atoms with van der Waals surface area (Å²) >= 11 is 0. The number of phenols is 4. The van der Waals surface area contributed by atoms with Crippen molar-refractivity contribution in [2.24, 2.45) is 0 Å². The maximum atomic E-state index is 9.89. The quantitative estimate of drug-likeness (QED) is 0.195. The Balaban J connectivity index is 0.000000381. The molecule has 204 valence electrons. The molecule has 4 N–H and O–H groups in total. The van der Waals surface area contributed by atoms with Gasteiger partial charge in [-0.1, -0.05) is 92.2 Å². The minimum Gasteiger partial charge on any atom is -0.504 e. The first-order chi connectivity index (χ1) is 17.2. The predicted molar refractivity (Wildman–Crippen MR) is 152 cm³/mol. The lowest BCUT2D eigenvalue weighted by atomic mass is 9.69. The van der Waals surface area contributed by atoms with Gasteiger partial charge in [0, 0.05) is 0 Å². The molecule has 0 aliphatic heterocycles. The first kappa shape index (κ1) is 31.7. The van der Waals surface area contributed by atoms with Crippen LogP contribution in [-0.2, 0) is 10.8 Å². The van der Waals surface area contributed by atoms with E-state index in [2.05, 4.69) is 41.5 Å². The van der Waals surface area contributed by atoms with Gasteiger partial charge in [-0.25, -0.2) is 0 Å². The first-order valence-corrected chi connectivity index (χ1v) is 14.2. The summed E-state index contributed by atoms with van der Waals surface area (Å²) in [5.41, 5.74) is 2.61. The maximum absolute atomic E-state index is 9.89. The molecule has 0 aliphatic carbocycles. The normalized spacial score (nSPS) is 11.7. The summed E-state index contributed by atoms with van der Waals surface area (Å²) in [5.74, 6) is -0.0707. The highest BCUT2D eigenvalue weighted by atomic mass is 16.3. The summed E-state index contributed by atoms with van der Waals surface area (Å²) in [6.45, 7) is 13.2. The van der Waals surface area contributed by atoms with Gasteiger partial charge in [-0.3, -0.25) is 0 Å². The van der Waals surface area contributed by atoms with Gasteiger partial charge < -0.3 is 20.4 Å². The van der Waals surface area contributed by atoms with Crippen molar-refractivity contribution in [3.8, 4) is 23.0 Å². The lowest BCUT2D eigenvalue weighted by Gasteiger charge is -2.35. The third-order valence-electron chi connectivity index (χ3n) is 8.23. The number of phenolic OH excluding ortho intramolecular Hbond substituents is 4. The van der Waals surface area contributed by atoms with Gasteiger partial charge in [0.2, 0.25) is 0 Å². The molecule has 0 fully saturated rings. The largest absolute Gasteiger partial charge is 0.504 e. The van der Waals surface area contributed by atoms with Gasteiger partial charge in [0.1, 0.15) is 0 Å². The fourth-order valence-electron chi connectivity index (χ4n) is 5.42. The summed E-state index contributed by atoms with van der Waals surface area (Å²) in [5, 5.41) is 38.3. The molecule has 0 saturated carbocycles. The predicted octanol–water partition coefficient (Wildman–Crippen LogP) is 9.47. The molecule has 2 aromatic rings. The third kappa shape index (κ3) is 8.35. The highest BCUT2D eigenvalue weighted by molar-refractivity contribution is 5.44. The Morgan fingerprint density at radius 2 is 0.806 bits per heavy atom. The molecule has 0 aliphatic rings. The molecule has 0 heterocycles. The van der Waals surface area contributed by atoms with Crippen LogP contribution in [0.3, 0.4) is 0 Å². The molecule has 0 bridgehead atoms. The fourth-order valence-corrected chi connectivity index (χ4v) is 5.42. The van der Waals surface area contributed by atoms with E-state index < -0.39 is 0 Å². The van der Waals surface area contributed by atoms with Crippen LogP contribution in [0, 0.1) is 0 Å².